The Balaban J connectivity index is 3.52. The molecular formula is C30H26O7. The fourth-order valence-corrected chi connectivity index (χ4v) is 4.77. The van der Waals surface area contributed by atoms with Crippen molar-refractivity contribution >= 4 is 35.7 Å². The van der Waals surface area contributed by atoms with Crippen LogP contribution in [0.25, 0.3) is 11.1 Å². The number of aliphatic hydroxyl groups excluding tert-OH is 1. The molecule has 7 heteroatoms. The predicted octanol–water partition coefficient (Wildman–Crippen LogP) is 4.87. The Labute approximate surface area is 214 Å². The summed E-state index contributed by atoms with van der Waals surface area (Å²) in [5, 5.41) is 10.1. The van der Waals surface area contributed by atoms with Crippen molar-refractivity contribution in [3.63, 3.8) is 0 Å². The third-order valence-corrected chi connectivity index (χ3v) is 6.30. The minimum absolute atomic E-state index is 0.0105. The van der Waals surface area contributed by atoms with Crippen LogP contribution in [0.5, 0.6) is 0 Å². The van der Waals surface area contributed by atoms with E-state index in [1.54, 1.807) is 0 Å². The monoisotopic (exact) mass is 498 g/mol. The van der Waals surface area contributed by atoms with Crippen molar-refractivity contribution in [2.75, 3.05) is 0 Å². The number of hydrogen-bond donors (Lipinski definition) is 1. The van der Waals surface area contributed by atoms with E-state index in [0.717, 1.165) is 24.3 Å². The maximum absolute atomic E-state index is 12.9. The van der Waals surface area contributed by atoms with E-state index in [-0.39, 0.29) is 66.8 Å². The number of ketones is 4. The number of carbonyl (C=O) groups is 6. The number of aliphatic hydroxyl groups is 1. The number of aldehydes is 2. The zero-order chi connectivity index (χ0) is 28.2. The maximum Gasteiger partial charge on any atom is 0.186 e. The number of hydrogen-bond acceptors (Lipinski definition) is 7. The zero-order valence-corrected chi connectivity index (χ0v) is 20.9. The van der Waals surface area contributed by atoms with Crippen molar-refractivity contribution in [2.45, 2.75) is 27.4 Å². The predicted molar refractivity (Wildman–Crippen MR) is 141 cm³/mol. The molecule has 0 aromatic heterocycles. The van der Waals surface area contributed by atoms with E-state index < -0.39 is 29.7 Å². The largest absolute Gasteiger partial charge is 0.392 e. The SMILES string of the molecule is C=CC(=O)c1c(C)c(C(=O)C=C)c(C=O)c(-c2c(C)c(C(=O)C=C)c(CO)c(C(=O)C=C)c2C=O)c1C. The topological polar surface area (TPSA) is 123 Å². The molecule has 0 heterocycles. The third-order valence-electron chi connectivity index (χ3n) is 6.30. The summed E-state index contributed by atoms with van der Waals surface area (Å²) in [5.41, 5.74) is -0.383. The average molecular weight is 499 g/mol. The maximum atomic E-state index is 12.9. The average Bonchev–Trinajstić information content (AvgIpc) is 2.90. The van der Waals surface area contributed by atoms with Crippen molar-refractivity contribution in [3.8, 4) is 11.1 Å². The Hall–Kier alpha value is -4.62. The molecule has 0 aliphatic rings. The van der Waals surface area contributed by atoms with E-state index in [0.29, 0.717) is 12.6 Å². The lowest BCUT2D eigenvalue weighted by Crippen LogP contribution is -2.18. The van der Waals surface area contributed by atoms with Crippen LogP contribution < -0.4 is 0 Å². The van der Waals surface area contributed by atoms with Gasteiger partial charge < -0.3 is 5.11 Å². The van der Waals surface area contributed by atoms with Gasteiger partial charge in [0, 0.05) is 38.9 Å². The highest BCUT2D eigenvalue weighted by Crippen LogP contribution is 2.42. The Morgan fingerprint density at radius 3 is 1.35 bits per heavy atom. The van der Waals surface area contributed by atoms with Crippen molar-refractivity contribution in [1.29, 1.82) is 0 Å². The normalized spacial score (nSPS) is 10.3. The van der Waals surface area contributed by atoms with Crippen molar-refractivity contribution in [3.05, 3.63) is 106 Å². The molecule has 0 unspecified atom stereocenters. The molecule has 2 aromatic rings. The molecule has 0 aliphatic carbocycles. The Morgan fingerprint density at radius 1 is 0.595 bits per heavy atom. The fraction of sp³-hybridized carbons (Fsp3) is 0.133. The molecule has 0 amide bonds. The highest BCUT2D eigenvalue weighted by atomic mass is 16.3. The minimum atomic E-state index is -0.764. The van der Waals surface area contributed by atoms with Gasteiger partial charge in [0.25, 0.3) is 0 Å². The molecule has 0 saturated carbocycles. The van der Waals surface area contributed by atoms with Gasteiger partial charge in [-0.2, -0.15) is 0 Å². The molecular weight excluding hydrogens is 472 g/mol. The second-order valence-electron chi connectivity index (χ2n) is 8.10. The molecule has 7 nitrogen and oxygen atoms in total. The van der Waals surface area contributed by atoms with Gasteiger partial charge in [0.1, 0.15) is 0 Å². The quantitative estimate of drug-likeness (QED) is 0.252. The smallest absolute Gasteiger partial charge is 0.186 e. The van der Waals surface area contributed by atoms with Gasteiger partial charge in [-0.15, -0.1) is 0 Å². The molecule has 2 aromatic carbocycles. The molecule has 2 rings (SSSR count). The highest BCUT2D eigenvalue weighted by Gasteiger charge is 2.32. The first-order valence-corrected chi connectivity index (χ1v) is 11.1. The van der Waals surface area contributed by atoms with E-state index in [1.807, 2.05) is 0 Å². The summed E-state index contributed by atoms with van der Waals surface area (Å²) >= 11 is 0. The zero-order valence-electron chi connectivity index (χ0n) is 20.9. The molecule has 0 spiro atoms. The van der Waals surface area contributed by atoms with Gasteiger partial charge in [-0.05, 0) is 72.9 Å². The lowest BCUT2D eigenvalue weighted by Gasteiger charge is -2.25. The van der Waals surface area contributed by atoms with Crippen molar-refractivity contribution in [2.24, 2.45) is 0 Å². The van der Waals surface area contributed by atoms with E-state index in [2.05, 4.69) is 26.3 Å². The van der Waals surface area contributed by atoms with Crippen LogP contribution in [0.4, 0.5) is 0 Å². The first kappa shape index (κ1) is 28.6. The second kappa shape index (κ2) is 11.4. The molecule has 188 valence electrons. The Kier molecular flexibility index (Phi) is 8.83. The van der Waals surface area contributed by atoms with Gasteiger partial charge in [0.05, 0.1) is 6.61 Å². The van der Waals surface area contributed by atoms with Gasteiger partial charge >= 0.3 is 0 Å². The van der Waals surface area contributed by atoms with Crippen LogP contribution in [-0.4, -0.2) is 40.8 Å². The molecule has 0 bridgehead atoms. The van der Waals surface area contributed by atoms with Gasteiger partial charge in [0.15, 0.2) is 35.7 Å². The van der Waals surface area contributed by atoms with Crippen LogP contribution in [0, 0.1) is 20.8 Å². The molecule has 0 saturated heterocycles. The highest BCUT2D eigenvalue weighted by molar-refractivity contribution is 6.21. The summed E-state index contributed by atoms with van der Waals surface area (Å²) in [6, 6.07) is 0. The van der Waals surface area contributed by atoms with E-state index in [1.165, 1.54) is 20.8 Å². The molecule has 1 N–H and O–H groups in total. The third kappa shape index (κ3) is 4.52. The number of benzene rings is 2. The minimum Gasteiger partial charge on any atom is -0.392 e. The summed E-state index contributed by atoms with van der Waals surface area (Å²) in [6.45, 7) is 17.6. The van der Waals surface area contributed by atoms with Crippen LogP contribution >= 0.6 is 0 Å². The molecule has 0 radical (unpaired) electrons. The first-order chi connectivity index (χ1) is 17.5. The standard InChI is InChI=1S/C30H26O7/c1-8-21(34)25-15(5)26(22(35)9-2)18(12-31)28(16(25)6)29-17(7)27(23(36)10-3)19(13-32)30(20(29)14-33)24(37)11-4/h8-12,14,32H,1-4,13H2,5-7H3. The lowest BCUT2D eigenvalue weighted by atomic mass is 9.76. The summed E-state index contributed by atoms with van der Waals surface area (Å²) < 4.78 is 0. The molecule has 0 fully saturated rings. The lowest BCUT2D eigenvalue weighted by molar-refractivity contribution is 0.102. The van der Waals surface area contributed by atoms with Gasteiger partial charge in [-0.25, -0.2) is 0 Å². The number of rotatable bonds is 12. The second-order valence-corrected chi connectivity index (χ2v) is 8.10. The van der Waals surface area contributed by atoms with E-state index in [9.17, 15) is 33.9 Å². The van der Waals surface area contributed by atoms with Crippen LogP contribution in [0.3, 0.4) is 0 Å². The first-order valence-electron chi connectivity index (χ1n) is 11.1. The molecule has 0 aliphatic heterocycles. The van der Waals surface area contributed by atoms with Crippen molar-refractivity contribution < 1.29 is 33.9 Å². The van der Waals surface area contributed by atoms with Crippen molar-refractivity contribution in [1.82, 2.24) is 0 Å². The van der Waals surface area contributed by atoms with Gasteiger partial charge in [-0.3, -0.25) is 28.8 Å². The summed E-state index contributed by atoms with van der Waals surface area (Å²) in [4.78, 5) is 76.7. The Bertz CT molecular complexity index is 1450. The van der Waals surface area contributed by atoms with Crippen LogP contribution in [0.15, 0.2) is 50.6 Å². The van der Waals surface area contributed by atoms with Crippen LogP contribution in [-0.2, 0) is 6.61 Å². The van der Waals surface area contributed by atoms with E-state index in [4.69, 9.17) is 0 Å². The van der Waals surface area contributed by atoms with E-state index >= 15 is 0 Å². The summed E-state index contributed by atoms with van der Waals surface area (Å²) in [7, 11) is 0. The van der Waals surface area contributed by atoms with Crippen LogP contribution in [0.2, 0.25) is 0 Å². The number of allylic oxidation sites excluding steroid dienone is 4. The van der Waals surface area contributed by atoms with Crippen LogP contribution in [0.1, 0.15) is 84.4 Å². The summed E-state index contributed by atoms with van der Waals surface area (Å²) in [5.74, 6) is -2.61. The molecule has 37 heavy (non-hydrogen) atoms. The summed E-state index contributed by atoms with van der Waals surface area (Å²) in [6.07, 6.45) is 4.70. The Morgan fingerprint density at radius 2 is 0.946 bits per heavy atom. The number of carbonyl (C=O) groups excluding carboxylic acids is 6. The van der Waals surface area contributed by atoms with Gasteiger partial charge in [-0.1, -0.05) is 26.3 Å². The molecule has 0 atom stereocenters. The van der Waals surface area contributed by atoms with Gasteiger partial charge in [0.2, 0.25) is 0 Å². The fourth-order valence-electron chi connectivity index (χ4n) is 4.77.